The quantitative estimate of drug-likeness (QED) is 0.798. The van der Waals surface area contributed by atoms with Gasteiger partial charge in [-0.15, -0.1) is 0 Å². The molecule has 0 radical (unpaired) electrons. The zero-order chi connectivity index (χ0) is 11.3. The normalized spacial score (nSPS) is 13.6. The minimum Gasteiger partial charge on any atom is -0.492 e. The molecule has 15 heavy (non-hydrogen) atoms. The molecule has 0 aliphatic carbocycles. The van der Waals surface area contributed by atoms with E-state index in [9.17, 15) is 0 Å². The predicted octanol–water partition coefficient (Wildman–Crippen LogP) is 3.22. The fourth-order valence-electron chi connectivity index (χ4n) is 1.14. The second-order valence-electron chi connectivity index (χ2n) is 4.65. The summed E-state index contributed by atoms with van der Waals surface area (Å²) < 4.78 is 5.64. The van der Waals surface area contributed by atoms with Crippen molar-refractivity contribution in [2.75, 3.05) is 6.61 Å². The number of nitrogens with one attached hydrogen (secondary N) is 1. The van der Waals surface area contributed by atoms with Crippen LogP contribution in [0.4, 0.5) is 0 Å². The molecule has 0 amide bonds. The smallest absolute Gasteiger partial charge is 0.119 e. The molecule has 1 atom stereocenters. The Labute approximate surface area is 96.7 Å². The van der Waals surface area contributed by atoms with Crippen molar-refractivity contribution in [3.8, 4) is 5.75 Å². The fourth-order valence-corrected chi connectivity index (χ4v) is 1.53. The van der Waals surface area contributed by atoms with Crippen molar-refractivity contribution >= 4 is 11.8 Å². The molecule has 3 heteroatoms. The zero-order valence-corrected chi connectivity index (χ0v) is 10.2. The van der Waals surface area contributed by atoms with Crippen LogP contribution in [0.1, 0.15) is 20.8 Å². The van der Waals surface area contributed by atoms with Gasteiger partial charge in [0, 0.05) is 0 Å². The Morgan fingerprint density at radius 1 is 1.27 bits per heavy atom. The highest BCUT2D eigenvalue weighted by Crippen LogP contribution is 2.21. The van der Waals surface area contributed by atoms with Gasteiger partial charge in [0.15, 0.2) is 0 Å². The number of halogens is 1. The molecule has 0 unspecified atom stereocenters. The van der Waals surface area contributed by atoms with E-state index in [4.69, 9.17) is 16.5 Å². The van der Waals surface area contributed by atoms with Crippen LogP contribution in [0.3, 0.4) is 0 Å². The van der Waals surface area contributed by atoms with E-state index in [0.29, 0.717) is 6.61 Å². The topological polar surface area (TPSA) is 21.3 Å². The van der Waals surface area contributed by atoms with Crippen molar-refractivity contribution in [2.24, 2.45) is 5.41 Å². The summed E-state index contributed by atoms with van der Waals surface area (Å²) in [6.45, 7) is 6.95. The number of benzene rings is 1. The second kappa shape index (κ2) is 5.38. The van der Waals surface area contributed by atoms with E-state index in [-0.39, 0.29) is 11.5 Å². The minimum atomic E-state index is 0.0799. The van der Waals surface area contributed by atoms with Crippen molar-refractivity contribution in [3.63, 3.8) is 0 Å². The van der Waals surface area contributed by atoms with Crippen molar-refractivity contribution in [1.29, 1.82) is 0 Å². The zero-order valence-electron chi connectivity index (χ0n) is 9.46. The van der Waals surface area contributed by atoms with Gasteiger partial charge in [0.25, 0.3) is 0 Å². The minimum absolute atomic E-state index is 0.0799. The van der Waals surface area contributed by atoms with E-state index in [0.717, 1.165) is 5.75 Å². The maximum absolute atomic E-state index is 5.69. The molecule has 84 valence electrons. The van der Waals surface area contributed by atoms with Crippen molar-refractivity contribution in [3.05, 3.63) is 30.3 Å². The molecule has 0 heterocycles. The summed E-state index contributed by atoms with van der Waals surface area (Å²) >= 11 is 5.69. The highest BCUT2D eigenvalue weighted by Gasteiger charge is 2.24. The molecule has 0 aliphatic heterocycles. The van der Waals surface area contributed by atoms with Gasteiger partial charge in [0.2, 0.25) is 0 Å². The van der Waals surface area contributed by atoms with Gasteiger partial charge in [-0.1, -0.05) is 39.0 Å². The predicted molar refractivity (Wildman–Crippen MR) is 64.2 cm³/mol. The number of hydrogen-bond donors (Lipinski definition) is 1. The van der Waals surface area contributed by atoms with Gasteiger partial charge in [0.1, 0.15) is 12.4 Å². The van der Waals surface area contributed by atoms with Crippen molar-refractivity contribution in [2.45, 2.75) is 26.8 Å². The van der Waals surface area contributed by atoms with E-state index < -0.39 is 0 Å². The molecule has 0 saturated heterocycles. The molecule has 1 rings (SSSR count). The molecule has 0 saturated carbocycles. The maximum Gasteiger partial charge on any atom is 0.119 e. The molecule has 0 aliphatic rings. The maximum atomic E-state index is 5.69. The molecule has 0 bridgehead atoms. The van der Waals surface area contributed by atoms with Crippen molar-refractivity contribution < 1.29 is 4.74 Å². The van der Waals surface area contributed by atoms with Crippen LogP contribution < -0.4 is 9.57 Å². The van der Waals surface area contributed by atoms with E-state index in [1.165, 1.54) is 0 Å². The van der Waals surface area contributed by atoms with Gasteiger partial charge in [-0.05, 0) is 29.3 Å². The van der Waals surface area contributed by atoms with Gasteiger partial charge >= 0.3 is 0 Å². The van der Waals surface area contributed by atoms with E-state index >= 15 is 0 Å². The van der Waals surface area contributed by atoms with Crippen LogP contribution in [0.25, 0.3) is 0 Å². The van der Waals surface area contributed by atoms with Gasteiger partial charge in [-0.25, -0.2) is 4.84 Å². The first kappa shape index (κ1) is 12.3. The van der Waals surface area contributed by atoms with E-state index in [1.54, 1.807) is 0 Å². The van der Waals surface area contributed by atoms with Crippen LogP contribution in [0.5, 0.6) is 5.75 Å². The molecule has 2 nitrogen and oxygen atoms in total. The van der Waals surface area contributed by atoms with Crippen LogP contribution in [0.15, 0.2) is 30.3 Å². The lowest BCUT2D eigenvalue weighted by molar-refractivity contribution is 0.194. The van der Waals surface area contributed by atoms with Crippen LogP contribution in [0, 0.1) is 5.41 Å². The lowest BCUT2D eigenvalue weighted by atomic mass is 9.88. The lowest BCUT2D eigenvalue weighted by Gasteiger charge is -2.28. The monoisotopic (exact) mass is 227 g/mol. The van der Waals surface area contributed by atoms with Gasteiger partial charge in [-0.2, -0.15) is 0 Å². The molecule has 1 N–H and O–H groups in total. The first-order chi connectivity index (χ1) is 7.04. The molecule has 0 fully saturated rings. The Morgan fingerprint density at radius 2 is 1.87 bits per heavy atom. The third-order valence-corrected chi connectivity index (χ3v) is 2.60. The lowest BCUT2D eigenvalue weighted by Crippen LogP contribution is -2.40. The summed E-state index contributed by atoms with van der Waals surface area (Å²) in [4.78, 5) is 2.76. The third kappa shape index (κ3) is 4.10. The molecule has 1 aromatic rings. The summed E-state index contributed by atoms with van der Waals surface area (Å²) in [6, 6.07) is 9.88. The van der Waals surface area contributed by atoms with Crippen LogP contribution in [-0.4, -0.2) is 12.6 Å². The molecule has 1 aromatic carbocycles. The van der Waals surface area contributed by atoms with Crippen LogP contribution in [-0.2, 0) is 0 Å². The Bertz CT molecular complexity index is 281. The van der Waals surface area contributed by atoms with Gasteiger partial charge in [0.05, 0.1) is 6.04 Å². The number of rotatable bonds is 4. The molecular weight excluding hydrogens is 210 g/mol. The average molecular weight is 228 g/mol. The van der Waals surface area contributed by atoms with E-state index in [1.807, 2.05) is 30.3 Å². The summed E-state index contributed by atoms with van der Waals surface area (Å²) in [6.07, 6.45) is 0. The largest absolute Gasteiger partial charge is 0.492 e. The molecular formula is C12H18ClNO. The van der Waals surface area contributed by atoms with Crippen LogP contribution >= 0.6 is 11.8 Å². The highest BCUT2D eigenvalue weighted by atomic mass is 35.5. The van der Waals surface area contributed by atoms with E-state index in [2.05, 4.69) is 25.6 Å². The molecule has 0 spiro atoms. The third-order valence-electron chi connectivity index (χ3n) is 2.34. The SMILES string of the molecule is CC(C)(C)[C@@H](COc1ccccc1)NCl. The number of ether oxygens (including phenoxy) is 1. The summed E-state index contributed by atoms with van der Waals surface area (Å²) in [5.41, 5.74) is 0.0799. The summed E-state index contributed by atoms with van der Waals surface area (Å²) in [5, 5.41) is 0. The first-order valence-electron chi connectivity index (χ1n) is 5.08. The number of para-hydroxylation sites is 1. The first-order valence-corrected chi connectivity index (χ1v) is 5.46. The summed E-state index contributed by atoms with van der Waals surface area (Å²) in [5.74, 6) is 0.874. The van der Waals surface area contributed by atoms with Gasteiger partial charge in [-0.3, -0.25) is 0 Å². The number of hydrogen-bond acceptors (Lipinski definition) is 2. The average Bonchev–Trinajstić information content (AvgIpc) is 2.18. The Hall–Kier alpha value is -0.730. The second-order valence-corrected chi connectivity index (χ2v) is 4.87. The Balaban J connectivity index is 2.49. The Morgan fingerprint density at radius 3 is 2.33 bits per heavy atom. The standard InChI is InChI=1S/C12H18ClNO/c1-12(2,3)11(14-13)9-15-10-7-5-4-6-8-10/h4-8,11,14H,9H2,1-3H3/t11-/m1/s1. The fraction of sp³-hybridized carbons (Fsp3) is 0.500. The molecule has 0 aromatic heterocycles. The highest BCUT2D eigenvalue weighted by molar-refractivity contribution is 6.13. The van der Waals surface area contributed by atoms with Crippen LogP contribution in [0.2, 0.25) is 0 Å². The van der Waals surface area contributed by atoms with Gasteiger partial charge < -0.3 is 4.74 Å². The van der Waals surface area contributed by atoms with Crippen molar-refractivity contribution in [1.82, 2.24) is 4.84 Å². The Kier molecular flexibility index (Phi) is 4.43. The summed E-state index contributed by atoms with van der Waals surface area (Å²) in [7, 11) is 0.